The van der Waals surface area contributed by atoms with Gasteiger partial charge in [-0.15, -0.1) is 0 Å². The molecular formula is C44H83NO8P+. The van der Waals surface area contributed by atoms with Crippen molar-refractivity contribution in [3.05, 3.63) is 36.5 Å². The molecule has 0 aromatic carbocycles. The second kappa shape index (κ2) is 36.8. The Morgan fingerprint density at radius 3 is 1.57 bits per heavy atom. The molecule has 10 heteroatoms. The van der Waals surface area contributed by atoms with Gasteiger partial charge in [-0.3, -0.25) is 13.8 Å². The zero-order valence-corrected chi connectivity index (χ0v) is 36.3. The van der Waals surface area contributed by atoms with Gasteiger partial charge in [0, 0.05) is 12.5 Å². The van der Waals surface area contributed by atoms with Crippen molar-refractivity contribution >= 4 is 19.8 Å². The van der Waals surface area contributed by atoms with Crippen molar-refractivity contribution in [2.75, 3.05) is 47.5 Å². The van der Waals surface area contributed by atoms with E-state index in [-0.39, 0.29) is 19.6 Å². The van der Waals surface area contributed by atoms with Gasteiger partial charge in [0.2, 0.25) is 0 Å². The highest BCUT2D eigenvalue weighted by atomic mass is 31.2. The molecule has 0 aliphatic rings. The molecule has 0 aromatic heterocycles. The van der Waals surface area contributed by atoms with Crippen LogP contribution in [-0.2, 0) is 32.7 Å². The van der Waals surface area contributed by atoms with Gasteiger partial charge in [-0.05, 0) is 19.3 Å². The number of hydrogen-bond donors (Lipinski definition) is 1. The number of carbonyl (C=O) groups is 2. The van der Waals surface area contributed by atoms with E-state index in [1.54, 1.807) is 12.2 Å². The number of hydrogen-bond acceptors (Lipinski definition) is 7. The Bertz CT molecular complexity index is 1020. The first-order valence-electron chi connectivity index (χ1n) is 21.8. The number of rotatable bonds is 39. The molecule has 0 radical (unpaired) electrons. The molecule has 54 heavy (non-hydrogen) atoms. The summed E-state index contributed by atoms with van der Waals surface area (Å²) in [7, 11) is 1.41. The molecule has 0 aliphatic carbocycles. The van der Waals surface area contributed by atoms with Crippen LogP contribution in [0.5, 0.6) is 0 Å². The van der Waals surface area contributed by atoms with Gasteiger partial charge < -0.3 is 18.9 Å². The van der Waals surface area contributed by atoms with Gasteiger partial charge in [0.1, 0.15) is 19.8 Å². The summed E-state index contributed by atoms with van der Waals surface area (Å²) in [4.78, 5) is 35.2. The minimum atomic E-state index is -4.40. The molecule has 0 amide bonds. The van der Waals surface area contributed by atoms with Crippen molar-refractivity contribution in [3.8, 4) is 0 Å². The number of allylic oxidation sites excluding steroid dienone is 5. The maximum absolute atomic E-state index is 12.6. The third-order valence-corrected chi connectivity index (χ3v) is 10.3. The van der Waals surface area contributed by atoms with Crippen molar-refractivity contribution < 1.29 is 42.1 Å². The number of carbonyl (C=O) groups excluding carboxylic acids is 2. The molecule has 0 fully saturated rings. The highest BCUT2D eigenvalue weighted by Gasteiger charge is 2.26. The number of phosphoric ester groups is 1. The molecule has 316 valence electrons. The molecular weight excluding hydrogens is 701 g/mol. The first-order valence-corrected chi connectivity index (χ1v) is 23.3. The predicted octanol–water partition coefficient (Wildman–Crippen LogP) is 12.1. The van der Waals surface area contributed by atoms with Gasteiger partial charge in [-0.25, -0.2) is 9.36 Å². The molecule has 2 atom stereocenters. The highest BCUT2D eigenvalue weighted by Crippen LogP contribution is 2.43. The maximum atomic E-state index is 12.6. The van der Waals surface area contributed by atoms with Gasteiger partial charge in [-0.2, -0.15) is 0 Å². The van der Waals surface area contributed by atoms with E-state index in [2.05, 4.69) is 19.9 Å². The number of ether oxygens (including phenoxy) is 2. The number of phosphoric acid groups is 1. The van der Waals surface area contributed by atoms with Gasteiger partial charge >= 0.3 is 19.8 Å². The number of likely N-dealkylation sites (N-methyl/N-ethyl adjacent to an activating group) is 1. The van der Waals surface area contributed by atoms with E-state index in [0.29, 0.717) is 11.0 Å². The van der Waals surface area contributed by atoms with Gasteiger partial charge in [0.25, 0.3) is 0 Å². The summed E-state index contributed by atoms with van der Waals surface area (Å²) < 4.78 is 34.0. The molecule has 0 saturated heterocycles. The Morgan fingerprint density at radius 2 is 1.07 bits per heavy atom. The lowest BCUT2D eigenvalue weighted by molar-refractivity contribution is -0.870. The number of nitrogens with zero attached hydrogens (tertiary/aromatic N) is 1. The first kappa shape index (κ1) is 52.2. The van der Waals surface area contributed by atoms with E-state index < -0.39 is 32.5 Å². The average Bonchev–Trinajstić information content (AvgIpc) is 3.12. The van der Waals surface area contributed by atoms with Crippen molar-refractivity contribution in [1.29, 1.82) is 0 Å². The maximum Gasteiger partial charge on any atom is 0.472 e. The summed E-state index contributed by atoms with van der Waals surface area (Å²) in [5.74, 6) is -1.08. The predicted molar refractivity (Wildman–Crippen MR) is 224 cm³/mol. The lowest BCUT2D eigenvalue weighted by atomic mass is 10.0. The van der Waals surface area contributed by atoms with Crippen LogP contribution >= 0.6 is 7.82 Å². The summed E-state index contributed by atoms with van der Waals surface area (Å²) in [6.45, 7) is 4.27. The van der Waals surface area contributed by atoms with E-state index in [0.717, 1.165) is 25.7 Å². The summed E-state index contributed by atoms with van der Waals surface area (Å²) in [6, 6.07) is 0. The van der Waals surface area contributed by atoms with Crippen LogP contribution in [-0.4, -0.2) is 74.9 Å². The average molecular weight is 785 g/mol. The molecule has 0 spiro atoms. The van der Waals surface area contributed by atoms with E-state index in [4.69, 9.17) is 18.5 Å². The standard InChI is InChI=1S/C44H82NO8P/c1-6-8-10-12-14-16-18-20-21-22-23-25-27-29-31-33-35-37-44(47)53-42(41-52-54(48,49)51-39-38-45(3,4)5)40-50-43(46)36-34-32-30-28-26-24-19-17-15-13-11-9-7-2/h27,29,31,33,35,37,42H,6-26,28,30,32,34,36,38-41H2,1-5H3/p+1/t42-/m1/s1. The molecule has 0 saturated carbocycles. The molecule has 0 bridgehead atoms. The molecule has 0 aromatic rings. The first-order chi connectivity index (χ1) is 26.0. The zero-order valence-electron chi connectivity index (χ0n) is 35.5. The van der Waals surface area contributed by atoms with Gasteiger partial charge in [0.05, 0.1) is 27.7 Å². The topological polar surface area (TPSA) is 108 Å². The summed E-state index contributed by atoms with van der Waals surface area (Å²) in [5.41, 5.74) is 0. The minimum absolute atomic E-state index is 0.0126. The Hall–Kier alpha value is -1.77. The fraction of sp³-hybridized carbons (Fsp3) is 0.818. The van der Waals surface area contributed by atoms with Gasteiger partial charge in [0.15, 0.2) is 6.10 Å². The fourth-order valence-electron chi connectivity index (χ4n) is 5.87. The number of esters is 2. The number of unbranched alkanes of at least 4 members (excludes halogenated alkanes) is 23. The van der Waals surface area contributed by atoms with Crippen LogP contribution in [0.1, 0.15) is 181 Å². The second-order valence-corrected chi connectivity index (χ2v) is 17.3. The minimum Gasteiger partial charge on any atom is -0.462 e. The van der Waals surface area contributed by atoms with Crippen LogP contribution in [0.4, 0.5) is 0 Å². The zero-order chi connectivity index (χ0) is 40.0. The molecule has 0 rings (SSSR count). The third kappa shape index (κ3) is 39.9. The van der Waals surface area contributed by atoms with E-state index >= 15 is 0 Å². The van der Waals surface area contributed by atoms with Crippen molar-refractivity contribution in [3.63, 3.8) is 0 Å². The Labute approximate surface area is 331 Å². The monoisotopic (exact) mass is 785 g/mol. The van der Waals surface area contributed by atoms with E-state index in [9.17, 15) is 19.0 Å². The SMILES string of the molecule is CCCCCCCCCCCCCC=CC=CC=CC(=O)O[C@H](COC(=O)CCCCCCCCCCCCCCC)COP(=O)(O)OCC[N+](C)(C)C. The normalized spacial score (nSPS) is 14.0. The van der Waals surface area contributed by atoms with Crippen LogP contribution in [0.25, 0.3) is 0 Å². The summed E-state index contributed by atoms with van der Waals surface area (Å²) >= 11 is 0. The van der Waals surface area contributed by atoms with Crippen molar-refractivity contribution in [2.45, 2.75) is 187 Å². The molecule has 1 N–H and O–H groups in total. The van der Waals surface area contributed by atoms with Crippen LogP contribution in [0, 0.1) is 0 Å². The highest BCUT2D eigenvalue weighted by molar-refractivity contribution is 7.47. The van der Waals surface area contributed by atoms with Crippen LogP contribution in [0.2, 0.25) is 0 Å². The Morgan fingerprint density at radius 1 is 0.611 bits per heavy atom. The van der Waals surface area contributed by atoms with E-state index in [1.807, 2.05) is 33.3 Å². The lowest BCUT2D eigenvalue weighted by Gasteiger charge is -2.24. The lowest BCUT2D eigenvalue weighted by Crippen LogP contribution is -2.37. The van der Waals surface area contributed by atoms with Crippen LogP contribution in [0.3, 0.4) is 0 Å². The van der Waals surface area contributed by atoms with E-state index in [1.165, 1.54) is 141 Å². The summed E-state index contributed by atoms with van der Waals surface area (Å²) in [6.07, 6.45) is 41.2. The second-order valence-electron chi connectivity index (χ2n) is 15.8. The molecule has 0 heterocycles. The van der Waals surface area contributed by atoms with Gasteiger partial charge in [-0.1, -0.05) is 185 Å². The fourth-order valence-corrected chi connectivity index (χ4v) is 6.61. The number of quaternary nitrogens is 1. The van der Waals surface area contributed by atoms with Crippen LogP contribution < -0.4 is 0 Å². The third-order valence-electron chi connectivity index (χ3n) is 9.31. The van der Waals surface area contributed by atoms with Crippen LogP contribution in [0.15, 0.2) is 36.5 Å². The Kier molecular flexibility index (Phi) is 35.6. The summed E-state index contributed by atoms with van der Waals surface area (Å²) in [5, 5.41) is 0. The molecule has 0 aliphatic heterocycles. The Balaban J connectivity index is 4.51. The molecule has 9 nitrogen and oxygen atoms in total. The smallest absolute Gasteiger partial charge is 0.462 e. The van der Waals surface area contributed by atoms with Crippen molar-refractivity contribution in [1.82, 2.24) is 0 Å². The van der Waals surface area contributed by atoms with Crippen molar-refractivity contribution in [2.24, 2.45) is 0 Å². The largest absolute Gasteiger partial charge is 0.472 e. The molecule has 1 unspecified atom stereocenters. The quantitative estimate of drug-likeness (QED) is 0.0164.